The second-order valence-corrected chi connectivity index (χ2v) is 4.34. The van der Waals surface area contributed by atoms with E-state index in [9.17, 15) is 0 Å². The third-order valence-electron chi connectivity index (χ3n) is 3.14. The van der Waals surface area contributed by atoms with Gasteiger partial charge in [0.05, 0.1) is 18.7 Å². The molecule has 2 aliphatic rings. The van der Waals surface area contributed by atoms with Gasteiger partial charge in [-0.05, 0) is 24.4 Å². The summed E-state index contributed by atoms with van der Waals surface area (Å²) < 4.78 is 5.08. The van der Waals surface area contributed by atoms with Crippen molar-refractivity contribution in [3.63, 3.8) is 0 Å². The van der Waals surface area contributed by atoms with Crippen LogP contribution in [-0.4, -0.2) is 42.5 Å². The summed E-state index contributed by atoms with van der Waals surface area (Å²) in [7, 11) is 1.72. The minimum Gasteiger partial charge on any atom is -0.383 e. The van der Waals surface area contributed by atoms with Crippen LogP contribution in [0.2, 0.25) is 0 Å². The van der Waals surface area contributed by atoms with Crippen molar-refractivity contribution in [1.82, 2.24) is 4.90 Å². The molecule has 0 bridgehead atoms. The number of halogens is 1. The first-order valence-electron chi connectivity index (χ1n) is 5.32. The Morgan fingerprint density at radius 2 is 2.29 bits per heavy atom. The number of fused-ring (bicyclic) bond motifs is 1. The highest BCUT2D eigenvalue weighted by Gasteiger charge is 2.36. The Kier molecular flexibility index (Phi) is 3.29. The summed E-state index contributed by atoms with van der Waals surface area (Å²) in [5.74, 6) is 0. The molecule has 0 saturated heterocycles. The van der Waals surface area contributed by atoms with Gasteiger partial charge in [-0.15, -0.1) is 0 Å². The lowest BCUT2D eigenvalue weighted by Gasteiger charge is -2.31. The van der Waals surface area contributed by atoms with Crippen molar-refractivity contribution in [3.05, 3.63) is 0 Å². The van der Waals surface area contributed by atoms with Crippen LogP contribution in [0.1, 0.15) is 25.7 Å². The van der Waals surface area contributed by atoms with Crippen LogP contribution in [0.4, 0.5) is 0 Å². The van der Waals surface area contributed by atoms with E-state index in [2.05, 4.69) is 9.89 Å². The number of methoxy groups -OCH3 is 1. The fraction of sp³-hybridized carbons (Fsp3) is 0.900. The Bertz CT molecular complexity index is 232. The Balaban J connectivity index is 1.98. The van der Waals surface area contributed by atoms with E-state index in [0.717, 1.165) is 13.2 Å². The second-order valence-electron chi connectivity index (χ2n) is 4.00. The summed E-state index contributed by atoms with van der Waals surface area (Å²) in [4.78, 5) is 6.70. The first-order chi connectivity index (χ1) is 6.83. The molecular weight excluding hydrogens is 200 g/mol. The van der Waals surface area contributed by atoms with Crippen molar-refractivity contribution in [1.29, 1.82) is 0 Å². The maximum Gasteiger partial charge on any atom is 0.194 e. The maximum atomic E-state index is 6.11. The molecule has 0 aromatic rings. The summed E-state index contributed by atoms with van der Waals surface area (Å²) in [6, 6.07) is 1.000. The minimum atomic E-state index is 0.452. The van der Waals surface area contributed by atoms with E-state index in [-0.39, 0.29) is 0 Å². The Labute approximate surface area is 90.1 Å². The molecule has 0 aromatic heterocycles. The summed E-state index contributed by atoms with van der Waals surface area (Å²) in [5, 5.41) is 0.693. The third-order valence-corrected chi connectivity index (χ3v) is 3.45. The molecule has 0 N–H and O–H groups in total. The van der Waals surface area contributed by atoms with E-state index in [1.165, 1.54) is 25.7 Å². The second kappa shape index (κ2) is 4.49. The monoisotopic (exact) mass is 216 g/mol. The number of ether oxygens (including phenoxy) is 1. The van der Waals surface area contributed by atoms with Gasteiger partial charge in [0.25, 0.3) is 0 Å². The van der Waals surface area contributed by atoms with Crippen molar-refractivity contribution in [2.75, 3.05) is 20.3 Å². The van der Waals surface area contributed by atoms with Gasteiger partial charge in [0.2, 0.25) is 0 Å². The maximum absolute atomic E-state index is 6.11. The SMILES string of the molecule is COCCN1C(Cl)=NC2CCCCC21. The molecule has 1 saturated carbocycles. The zero-order valence-corrected chi connectivity index (χ0v) is 9.33. The van der Waals surface area contributed by atoms with Crippen LogP contribution in [0.25, 0.3) is 0 Å². The first kappa shape index (κ1) is 10.2. The van der Waals surface area contributed by atoms with E-state index in [0.29, 0.717) is 17.4 Å². The standard InChI is InChI=1S/C10H17ClN2O/c1-14-7-6-13-9-5-3-2-4-8(9)12-10(13)11/h8-9H,2-7H2,1H3. The van der Waals surface area contributed by atoms with E-state index < -0.39 is 0 Å². The normalized spacial score (nSPS) is 31.6. The molecule has 1 aliphatic carbocycles. The fourth-order valence-corrected chi connectivity index (χ4v) is 2.74. The highest BCUT2D eigenvalue weighted by atomic mass is 35.5. The summed E-state index contributed by atoms with van der Waals surface area (Å²) >= 11 is 6.11. The molecule has 2 atom stereocenters. The van der Waals surface area contributed by atoms with Gasteiger partial charge in [-0.1, -0.05) is 12.8 Å². The predicted octanol–water partition coefficient (Wildman–Crippen LogP) is 1.85. The van der Waals surface area contributed by atoms with E-state index in [1.54, 1.807) is 7.11 Å². The minimum absolute atomic E-state index is 0.452. The molecule has 0 aromatic carbocycles. The van der Waals surface area contributed by atoms with Crippen molar-refractivity contribution in [2.24, 2.45) is 4.99 Å². The average Bonchev–Trinajstić information content (AvgIpc) is 2.51. The molecule has 1 fully saturated rings. The Morgan fingerprint density at radius 3 is 3.07 bits per heavy atom. The highest BCUT2D eigenvalue weighted by molar-refractivity contribution is 6.64. The van der Waals surface area contributed by atoms with Crippen LogP contribution in [0.15, 0.2) is 4.99 Å². The number of rotatable bonds is 3. The van der Waals surface area contributed by atoms with Gasteiger partial charge in [-0.2, -0.15) is 0 Å². The van der Waals surface area contributed by atoms with Crippen molar-refractivity contribution in [3.8, 4) is 0 Å². The van der Waals surface area contributed by atoms with Gasteiger partial charge in [0.1, 0.15) is 0 Å². The Morgan fingerprint density at radius 1 is 1.50 bits per heavy atom. The summed E-state index contributed by atoms with van der Waals surface area (Å²) in [6.07, 6.45) is 5.04. The van der Waals surface area contributed by atoms with Crippen LogP contribution in [0, 0.1) is 0 Å². The first-order valence-corrected chi connectivity index (χ1v) is 5.69. The van der Waals surface area contributed by atoms with Crippen LogP contribution in [0.3, 0.4) is 0 Å². The van der Waals surface area contributed by atoms with E-state index >= 15 is 0 Å². The molecular formula is C10H17ClN2O. The van der Waals surface area contributed by atoms with Crippen LogP contribution < -0.4 is 0 Å². The summed E-state index contributed by atoms with van der Waals surface area (Å²) in [5.41, 5.74) is 0. The molecule has 3 nitrogen and oxygen atoms in total. The van der Waals surface area contributed by atoms with Gasteiger partial charge >= 0.3 is 0 Å². The molecule has 14 heavy (non-hydrogen) atoms. The van der Waals surface area contributed by atoms with Crippen molar-refractivity contribution in [2.45, 2.75) is 37.8 Å². The topological polar surface area (TPSA) is 24.8 Å². The van der Waals surface area contributed by atoms with Gasteiger partial charge in [0, 0.05) is 13.7 Å². The van der Waals surface area contributed by atoms with Gasteiger partial charge in [0.15, 0.2) is 5.29 Å². The third kappa shape index (κ3) is 1.89. The smallest absolute Gasteiger partial charge is 0.194 e. The van der Waals surface area contributed by atoms with Crippen LogP contribution in [-0.2, 0) is 4.74 Å². The van der Waals surface area contributed by atoms with Crippen LogP contribution >= 0.6 is 11.6 Å². The van der Waals surface area contributed by atoms with Crippen molar-refractivity contribution < 1.29 is 4.74 Å². The molecule has 0 spiro atoms. The molecule has 1 aliphatic heterocycles. The number of nitrogens with zero attached hydrogens (tertiary/aromatic N) is 2. The Hall–Kier alpha value is -0.280. The summed E-state index contributed by atoms with van der Waals surface area (Å²) in [6.45, 7) is 1.61. The highest BCUT2D eigenvalue weighted by Crippen LogP contribution is 2.31. The molecule has 2 rings (SSSR count). The van der Waals surface area contributed by atoms with E-state index in [1.807, 2.05) is 0 Å². The number of amidine groups is 1. The zero-order valence-electron chi connectivity index (χ0n) is 8.58. The van der Waals surface area contributed by atoms with E-state index in [4.69, 9.17) is 16.3 Å². The fourth-order valence-electron chi connectivity index (χ4n) is 2.40. The van der Waals surface area contributed by atoms with Gasteiger partial charge < -0.3 is 9.64 Å². The number of hydrogen-bond donors (Lipinski definition) is 0. The lowest BCUT2D eigenvalue weighted by Crippen LogP contribution is -2.41. The molecule has 1 heterocycles. The lowest BCUT2D eigenvalue weighted by atomic mass is 9.91. The average molecular weight is 217 g/mol. The number of aliphatic imine (C=N–C) groups is 1. The lowest BCUT2D eigenvalue weighted by molar-refractivity contribution is 0.153. The largest absolute Gasteiger partial charge is 0.383 e. The predicted molar refractivity (Wildman–Crippen MR) is 57.9 cm³/mol. The van der Waals surface area contributed by atoms with Crippen molar-refractivity contribution >= 4 is 16.9 Å². The zero-order chi connectivity index (χ0) is 9.97. The van der Waals surface area contributed by atoms with Gasteiger partial charge in [-0.25, -0.2) is 0 Å². The number of hydrogen-bond acceptors (Lipinski definition) is 3. The van der Waals surface area contributed by atoms with Gasteiger partial charge in [-0.3, -0.25) is 4.99 Å². The molecule has 0 amide bonds. The molecule has 0 radical (unpaired) electrons. The quantitative estimate of drug-likeness (QED) is 0.673. The molecule has 2 unspecified atom stereocenters. The molecule has 4 heteroatoms. The molecule has 80 valence electrons. The van der Waals surface area contributed by atoms with Crippen LogP contribution in [0.5, 0.6) is 0 Å².